The summed E-state index contributed by atoms with van der Waals surface area (Å²) in [5, 5.41) is 10.9. The van der Waals surface area contributed by atoms with Crippen molar-refractivity contribution in [2.24, 2.45) is 0 Å². The van der Waals surface area contributed by atoms with Gasteiger partial charge in [0.2, 0.25) is 0 Å². The SMILES string of the molecule is O=C(O)Cc1ccc(-c2ccc(-c3cccs3)s2)s1. The minimum absolute atomic E-state index is 0.105. The average molecular weight is 306 g/mol. The van der Waals surface area contributed by atoms with E-state index in [9.17, 15) is 4.79 Å². The van der Waals surface area contributed by atoms with Crippen LogP contribution in [-0.4, -0.2) is 11.1 Å². The molecule has 0 aliphatic rings. The Morgan fingerprint density at radius 3 is 2.32 bits per heavy atom. The second-order valence-electron chi connectivity index (χ2n) is 3.98. The van der Waals surface area contributed by atoms with Gasteiger partial charge >= 0.3 is 5.97 Å². The molecule has 0 aliphatic carbocycles. The smallest absolute Gasteiger partial charge is 0.308 e. The zero-order valence-corrected chi connectivity index (χ0v) is 12.3. The third-order valence-electron chi connectivity index (χ3n) is 2.60. The molecule has 1 N–H and O–H groups in total. The number of aliphatic carboxylic acids is 1. The summed E-state index contributed by atoms with van der Waals surface area (Å²) in [5.74, 6) is -0.779. The molecule has 5 heteroatoms. The van der Waals surface area contributed by atoms with Gasteiger partial charge in [0, 0.05) is 24.4 Å². The number of carbonyl (C=O) groups is 1. The fraction of sp³-hybridized carbons (Fsp3) is 0.0714. The van der Waals surface area contributed by atoms with E-state index >= 15 is 0 Å². The van der Waals surface area contributed by atoms with Crippen molar-refractivity contribution in [1.82, 2.24) is 0 Å². The molecular weight excluding hydrogens is 296 g/mol. The quantitative estimate of drug-likeness (QED) is 0.749. The summed E-state index contributed by atoms with van der Waals surface area (Å²) in [6.45, 7) is 0. The van der Waals surface area contributed by atoms with Gasteiger partial charge in [-0.15, -0.1) is 34.0 Å². The Bertz CT molecular complexity index is 692. The van der Waals surface area contributed by atoms with Crippen LogP contribution >= 0.6 is 34.0 Å². The first-order valence-electron chi connectivity index (χ1n) is 5.67. The molecule has 0 saturated carbocycles. The van der Waals surface area contributed by atoms with Crippen molar-refractivity contribution < 1.29 is 9.90 Å². The number of hydrogen-bond donors (Lipinski definition) is 1. The molecule has 3 aromatic rings. The van der Waals surface area contributed by atoms with Gasteiger partial charge in [0.25, 0.3) is 0 Å². The van der Waals surface area contributed by atoms with Gasteiger partial charge in [0.1, 0.15) is 0 Å². The number of thiophene rings is 3. The van der Waals surface area contributed by atoms with Crippen LogP contribution in [0.5, 0.6) is 0 Å². The summed E-state index contributed by atoms with van der Waals surface area (Å²) < 4.78 is 0. The standard InChI is InChI=1S/C14H10O2S3/c15-14(16)8-9-3-4-12(18-9)13-6-5-11(19-13)10-2-1-7-17-10/h1-7H,8H2,(H,15,16). The van der Waals surface area contributed by atoms with E-state index in [1.165, 1.54) is 14.6 Å². The Balaban J connectivity index is 1.86. The van der Waals surface area contributed by atoms with E-state index in [1.807, 2.05) is 12.1 Å². The largest absolute Gasteiger partial charge is 0.481 e. The minimum Gasteiger partial charge on any atom is -0.481 e. The first-order valence-corrected chi connectivity index (χ1v) is 8.18. The van der Waals surface area contributed by atoms with E-state index in [4.69, 9.17) is 5.11 Å². The van der Waals surface area contributed by atoms with Gasteiger partial charge in [-0.25, -0.2) is 0 Å². The zero-order chi connectivity index (χ0) is 13.2. The normalized spacial score (nSPS) is 10.7. The first-order chi connectivity index (χ1) is 9.22. The molecule has 96 valence electrons. The molecule has 3 aromatic heterocycles. The maximum absolute atomic E-state index is 10.7. The van der Waals surface area contributed by atoms with E-state index in [0.29, 0.717) is 0 Å². The van der Waals surface area contributed by atoms with Crippen LogP contribution < -0.4 is 0 Å². The second-order valence-corrected chi connectivity index (χ2v) is 7.18. The highest BCUT2D eigenvalue weighted by Crippen LogP contribution is 2.39. The van der Waals surface area contributed by atoms with Crippen LogP contribution in [0.3, 0.4) is 0 Å². The molecule has 0 aliphatic heterocycles. The summed E-state index contributed by atoms with van der Waals surface area (Å²) in [6.07, 6.45) is 0.105. The molecule has 0 aromatic carbocycles. The van der Waals surface area contributed by atoms with Crippen molar-refractivity contribution in [3.63, 3.8) is 0 Å². The van der Waals surface area contributed by atoms with Crippen molar-refractivity contribution >= 4 is 40.0 Å². The molecule has 0 saturated heterocycles. The van der Waals surface area contributed by atoms with Crippen molar-refractivity contribution in [1.29, 1.82) is 0 Å². The van der Waals surface area contributed by atoms with Gasteiger partial charge < -0.3 is 5.11 Å². The molecule has 0 spiro atoms. The average Bonchev–Trinajstić information content (AvgIpc) is 3.09. The highest BCUT2D eigenvalue weighted by Gasteiger charge is 2.09. The first kappa shape index (κ1) is 12.6. The molecule has 0 unspecified atom stereocenters. The third-order valence-corrected chi connectivity index (χ3v) is 6.03. The van der Waals surface area contributed by atoms with Crippen molar-refractivity contribution in [3.05, 3.63) is 46.7 Å². The number of carboxylic acids is 1. The molecule has 0 radical (unpaired) electrons. The van der Waals surface area contributed by atoms with E-state index in [1.54, 1.807) is 34.0 Å². The molecule has 3 rings (SSSR count). The maximum Gasteiger partial charge on any atom is 0.308 e. The fourth-order valence-electron chi connectivity index (χ4n) is 1.78. The molecular formula is C14H10O2S3. The lowest BCUT2D eigenvalue weighted by Crippen LogP contribution is -1.96. The van der Waals surface area contributed by atoms with Gasteiger partial charge in [-0.2, -0.15) is 0 Å². The molecule has 0 fully saturated rings. The fourth-order valence-corrected chi connectivity index (χ4v) is 4.71. The molecule has 0 atom stereocenters. The van der Waals surface area contributed by atoms with Crippen LogP contribution in [0.15, 0.2) is 41.8 Å². The molecule has 19 heavy (non-hydrogen) atoms. The van der Waals surface area contributed by atoms with E-state index < -0.39 is 5.97 Å². The summed E-state index contributed by atoms with van der Waals surface area (Å²) >= 11 is 5.04. The molecule has 2 nitrogen and oxygen atoms in total. The van der Waals surface area contributed by atoms with E-state index in [2.05, 4.69) is 29.6 Å². The van der Waals surface area contributed by atoms with Crippen molar-refractivity contribution in [3.8, 4) is 19.5 Å². The lowest BCUT2D eigenvalue weighted by Gasteiger charge is -1.91. The van der Waals surface area contributed by atoms with Crippen LogP contribution in [0.4, 0.5) is 0 Å². The van der Waals surface area contributed by atoms with Crippen molar-refractivity contribution in [2.75, 3.05) is 0 Å². The topological polar surface area (TPSA) is 37.3 Å². The highest BCUT2D eigenvalue weighted by molar-refractivity contribution is 7.26. The summed E-state index contributed by atoms with van der Waals surface area (Å²) in [6, 6.07) is 12.3. The Labute approximate surface area is 122 Å². The predicted molar refractivity (Wildman–Crippen MR) is 82.3 cm³/mol. The third kappa shape index (κ3) is 2.78. The minimum atomic E-state index is -0.779. The number of carboxylic acid groups (broad SMARTS) is 1. The number of hydrogen-bond acceptors (Lipinski definition) is 4. The highest BCUT2D eigenvalue weighted by atomic mass is 32.1. The van der Waals surface area contributed by atoms with Crippen LogP contribution in [-0.2, 0) is 11.2 Å². The summed E-state index contributed by atoms with van der Waals surface area (Å²) in [5.41, 5.74) is 0. The van der Waals surface area contributed by atoms with Crippen LogP contribution in [0.1, 0.15) is 4.88 Å². The maximum atomic E-state index is 10.7. The van der Waals surface area contributed by atoms with E-state index in [-0.39, 0.29) is 6.42 Å². The molecule has 0 bridgehead atoms. The summed E-state index contributed by atoms with van der Waals surface area (Å²) in [4.78, 5) is 16.5. The lowest BCUT2D eigenvalue weighted by molar-refractivity contribution is -0.136. The van der Waals surface area contributed by atoms with Gasteiger partial charge in [-0.1, -0.05) is 6.07 Å². The van der Waals surface area contributed by atoms with Gasteiger partial charge in [0.15, 0.2) is 0 Å². The van der Waals surface area contributed by atoms with Crippen molar-refractivity contribution in [2.45, 2.75) is 6.42 Å². The van der Waals surface area contributed by atoms with Gasteiger partial charge in [0.05, 0.1) is 6.42 Å². The van der Waals surface area contributed by atoms with Crippen LogP contribution in [0.2, 0.25) is 0 Å². The van der Waals surface area contributed by atoms with Crippen LogP contribution in [0.25, 0.3) is 19.5 Å². The second kappa shape index (κ2) is 5.28. The Kier molecular flexibility index (Phi) is 3.50. The molecule has 0 amide bonds. The predicted octanol–water partition coefficient (Wildman–Crippen LogP) is 4.83. The Morgan fingerprint density at radius 2 is 1.63 bits per heavy atom. The Hall–Kier alpha value is -1.43. The monoisotopic (exact) mass is 306 g/mol. The van der Waals surface area contributed by atoms with Gasteiger partial charge in [-0.05, 0) is 35.7 Å². The van der Waals surface area contributed by atoms with E-state index in [0.717, 1.165) is 9.75 Å². The van der Waals surface area contributed by atoms with Gasteiger partial charge in [-0.3, -0.25) is 4.79 Å². The zero-order valence-electron chi connectivity index (χ0n) is 9.83. The lowest BCUT2D eigenvalue weighted by atomic mass is 10.3. The number of rotatable bonds is 4. The molecule has 3 heterocycles. The van der Waals surface area contributed by atoms with Crippen LogP contribution in [0, 0.1) is 0 Å². The Morgan fingerprint density at radius 1 is 0.947 bits per heavy atom. The summed E-state index contributed by atoms with van der Waals surface area (Å²) in [7, 11) is 0.